The summed E-state index contributed by atoms with van der Waals surface area (Å²) in [5.74, 6) is -4.85. The molecule has 748 valence electrons. The normalized spacial score (nSPS) is 14.7. The van der Waals surface area contributed by atoms with Gasteiger partial charge in [0.15, 0.2) is 101 Å². The lowest BCUT2D eigenvalue weighted by molar-refractivity contribution is 0.0471. The molecule has 6 aromatic heterocycles. The number of thiol groups is 1. The van der Waals surface area contributed by atoms with Crippen LogP contribution in [0.25, 0.3) is 28.3 Å². The molecule has 2 amide bonds. The molecule has 0 saturated heterocycles. The number of carbonyl (C=O) groups excluding carboxylic acids is 2. The highest BCUT2D eigenvalue weighted by atomic mass is 79.9. The number of H-pyrrole nitrogens is 1. The van der Waals surface area contributed by atoms with E-state index in [0.29, 0.717) is 57.7 Å². The third-order valence-corrected chi connectivity index (χ3v) is 29.3. The van der Waals surface area contributed by atoms with Crippen molar-refractivity contribution in [2.75, 3.05) is 42.0 Å². The van der Waals surface area contributed by atoms with Crippen molar-refractivity contribution in [1.82, 2.24) is 70.1 Å². The van der Waals surface area contributed by atoms with E-state index < -0.39 is 103 Å². The van der Waals surface area contributed by atoms with Gasteiger partial charge in [-0.25, -0.2) is 112 Å². The highest BCUT2D eigenvalue weighted by molar-refractivity contribution is 9.10. The number of aryl methyl sites for hydroxylation is 1. The number of nitrogens with one attached hydrogen (secondary N) is 3. The number of hydrogen-bond donors (Lipinski definition) is 4. The number of amides is 2. The molecule has 0 spiro atoms. The second kappa shape index (κ2) is 53.7. The van der Waals surface area contributed by atoms with Gasteiger partial charge >= 0.3 is 12.2 Å². The fourth-order valence-electron chi connectivity index (χ4n) is 12.3. The topological polar surface area (TPSA) is 365 Å². The van der Waals surface area contributed by atoms with E-state index in [-0.39, 0.29) is 88.6 Å². The second-order valence-corrected chi connectivity index (χ2v) is 46.0. The Bertz CT molecular complexity index is 6490. The minimum absolute atomic E-state index is 0.00451. The summed E-state index contributed by atoms with van der Waals surface area (Å²) in [5, 5.41) is 25.1. The smallest absolute Gasteiger partial charge is 0.407 e. The van der Waals surface area contributed by atoms with E-state index >= 15 is 0 Å². The number of ether oxygens (including phenoxy) is 4. The van der Waals surface area contributed by atoms with Crippen molar-refractivity contribution in [3.8, 4) is 39.8 Å². The molecule has 2 aliphatic rings. The lowest BCUT2D eigenvalue weighted by Crippen LogP contribution is -2.41. The Morgan fingerprint density at radius 2 is 0.877 bits per heavy atom. The molecular formula is C91H103Br2Cl3F8N14O14S6. The first-order chi connectivity index (χ1) is 64.9. The molecule has 0 atom stereocenters. The van der Waals surface area contributed by atoms with Crippen LogP contribution in [0.2, 0.25) is 15.5 Å². The van der Waals surface area contributed by atoms with Gasteiger partial charge in [0.05, 0.1) is 95.2 Å². The molecule has 0 radical (unpaired) electrons. The Labute approximate surface area is 838 Å². The van der Waals surface area contributed by atoms with Gasteiger partial charge in [-0.05, 0) is 270 Å². The highest BCUT2D eigenvalue weighted by Gasteiger charge is 2.30. The molecule has 28 nitrogen and oxygen atoms in total. The Morgan fingerprint density at radius 1 is 0.471 bits per heavy atom. The number of halogens is 13. The van der Waals surface area contributed by atoms with Crippen molar-refractivity contribution in [2.24, 2.45) is 11.8 Å². The quantitative estimate of drug-likeness (QED) is 0.0161. The fourth-order valence-corrected chi connectivity index (χ4v) is 17.9. The van der Waals surface area contributed by atoms with Crippen LogP contribution in [-0.2, 0) is 48.8 Å². The van der Waals surface area contributed by atoms with Crippen LogP contribution >= 0.6 is 91.1 Å². The van der Waals surface area contributed by atoms with Gasteiger partial charge < -0.3 is 29.6 Å². The summed E-state index contributed by atoms with van der Waals surface area (Å²) in [4.78, 5) is 41.2. The molecule has 3 N–H and O–H groups in total. The summed E-state index contributed by atoms with van der Waals surface area (Å²) < 4.78 is 224. The molecule has 2 saturated carbocycles. The predicted octanol–water partition coefficient (Wildman–Crippen LogP) is 22.4. The standard InChI is InChI=1S/C27H33ClFN5O5S.C16H23Cl2N3O3.C12H13FN2O2S.C11H11BrN2O2S.C8H8F2O2S.C8H8F2S.C6H4F2S.C3H3BrN2/c1-5-40(36,37)20-10-11-22(21(29)12-20)34-14-18(13-32-34)23-24(25(28)31-16-30-23)38-15-17-6-8-19(9-7-17)33-26(35)39-27(2,3)4;1-16(2,3)24-15(22)21-11-6-4-10(5-7-11)8-23-12-13(17)19-9-20-14(12)18;1-3-18(16,17)10-4-5-12(11(13)6-10)15-8-9(2)7-14-15;1-2-17(15,16)11-5-3-10(4-6-11)14-8-9(12)7-13-14;1-2-13(11,12)6-3-4-7(9)8(10)5-6;1-2-11-6-3-4-7(9)8(10)5-6;7-5-2-1-4(9)3-6(5)8;4-3-1-5-6-2-3/h10-14,16-17,19H,5-9,15H2,1-4H3,(H,33,35);9-11H,4-8H2,1-3H3,(H,21,22);4-8H,3H2,1-2H3;3-8H,2H2,1H3;3-5H,2H2,1H3;3-5H,2H2,1H3;1-3,9H;1-2H,(H,5,6). The Balaban J connectivity index is 0.000000229. The lowest BCUT2D eigenvalue weighted by Gasteiger charge is -2.30. The van der Waals surface area contributed by atoms with Crippen LogP contribution in [0.15, 0.2) is 216 Å². The number of benzene rings is 6. The number of thioether (sulfide) groups is 1. The first-order valence-corrected chi connectivity index (χ1v) is 53.2. The zero-order valence-corrected chi connectivity index (χ0v) is 87.1. The first-order valence-electron chi connectivity index (χ1n) is 42.5. The summed E-state index contributed by atoms with van der Waals surface area (Å²) in [6.45, 7) is 21.8. The summed E-state index contributed by atoms with van der Waals surface area (Å²) in [7, 11) is -13.5. The zero-order valence-electron chi connectivity index (χ0n) is 76.7. The van der Waals surface area contributed by atoms with Crippen LogP contribution in [0.4, 0.5) is 44.7 Å². The number of sulfone groups is 4. The SMILES string of the molecule is Brc1cn[nH]c1.CC(C)(C)OC(=O)NC1CCC(COc2c(Cl)ncnc2Cl)CC1.CCS(=O)(=O)c1ccc(-n2cc(-c3ncnc(Cl)c3OCC3CCC(NC(=O)OC(C)(C)C)CC3)cn2)c(F)c1.CCS(=O)(=O)c1ccc(-n2cc(Br)cn2)cc1.CCS(=O)(=O)c1ccc(-n2cc(C)cn2)c(F)c1.CCS(=O)(=O)c1ccc(F)c(F)c1.CCSc1ccc(F)c(F)c1.Fc1ccc(S)cc1F. The largest absolute Gasteiger partial charge is 0.488 e. The summed E-state index contributed by atoms with van der Waals surface area (Å²) in [6, 6.07) is 24.4. The number of hydrogen-bond acceptors (Lipinski definition) is 24. The Kier molecular flexibility index (Phi) is 44.9. The van der Waals surface area contributed by atoms with Gasteiger partial charge in [0, 0.05) is 52.2 Å². The molecule has 14 rings (SSSR count). The van der Waals surface area contributed by atoms with Crippen molar-refractivity contribution in [3.63, 3.8) is 0 Å². The third kappa shape index (κ3) is 37.3. The number of aromatic amines is 1. The summed E-state index contributed by atoms with van der Waals surface area (Å²) in [5.41, 5.74) is 1.94. The summed E-state index contributed by atoms with van der Waals surface area (Å²) in [6.07, 6.45) is 22.1. The van der Waals surface area contributed by atoms with E-state index in [1.54, 1.807) is 79.1 Å². The molecule has 2 aliphatic carbocycles. The lowest BCUT2D eigenvalue weighted by atomic mass is 9.86. The third-order valence-electron chi connectivity index (χ3n) is 19.5. The van der Waals surface area contributed by atoms with Crippen molar-refractivity contribution < 1.29 is 97.3 Å². The van der Waals surface area contributed by atoms with Crippen LogP contribution in [0.1, 0.15) is 133 Å². The van der Waals surface area contributed by atoms with Gasteiger partial charge in [-0.3, -0.25) is 5.10 Å². The molecule has 0 bridgehead atoms. The maximum atomic E-state index is 14.8. The number of rotatable bonds is 22. The molecule has 0 unspecified atom stereocenters. The van der Waals surface area contributed by atoms with Gasteiger partial charge in [-0.2, -0.15) is 20.4 Å². The van der Waals surface area contributed by atoms with E-state index in [4.69, 9.17) is 53.8 Å². The average molecular weight is 2230 g/mol. The molecule has 6 aromatic carbocycles. The van der Waals surface area contributed by atoms with Crippen molar-refractivity contribution in [1.29, 1.82) is 0 Å². The van der Waals surface area contributed by atoms with Gasteiger partial charge in [0.2, 0.25) is 0 Å². The Hall–Kier alpha value is -9.77. The number of nitrogens with zero attached hydrogens (tertiary/aromatic N) is 11. The van der Waals surface area contributed by atoms with Gasteiger partial charge in [0.1, 0.15) is 52.6 Å². The molecule has 138 heavy (non-hydrogen) atoms. The molecule has 47 heteroatoms. The van der Waals surface area contributed by atoms with Crippen LogP contribution < -0.4 is 20.1 Å². The van der Waals surface area contributed by atoms with E-state index in [9.17, 15) is 78.4 Å². The molecule has 12 aromatic rings. The molecule has 2 fully saturated rings. The maximum absolute atomic E-state index is 14.8. The predicted molar refractivity (Wildman–Crippen MR) is 522 cm³/mol. The van der Waals surface area contributed by atoms with Crippen molar-refractivity contribution in [3.05, 3.63) is 254 Å². The Morgan fingerprint density at radius 3 is 1.27 bits per heavy atom. The zero-order chi connectivity index (χ0) is 102. The summed E-state index contributed by atoms with van der Waals surface area (Å²) >= 11 is 30.1. The first kappa shape index (κ1) is 115. The highest BCUT2D eigenvalue weighted by Crippen LogP contribution is 2.37. The molecule has 0 aliphatic heterocycles. The van der Waals surface area contributed by atoms with E-state index in [0.717, 1.165) is 125 Å². The van der Waals surface area contributed by atoms with Gasteiger partial charge in [-0.1, -0.05) is 69.4 Å². The van der Waals surface area contributed by atoms with Crippen molar-refractivity contribution in [2.45, 2.75) is 187 Å². The van der Waals surface area contributed by atoms with E-state index in [1.165, 1.54) is 97.1 Å². The van der Waals surface area contributed by atoms with E-state index in [1.807, 2.05) is 61.6 Å². The molecular weight excluding hydrogens is 2120 g/mol. The molecule has 6 heterocycles. The minimum atomic E-state index is -3.54. The van der Waals surface area contributed by atoms with Crippen LogP contribution in [0.5, 0.6) is 11.5 Å². The number of aromatic nitrogens is 12. The second-order valence-electron chi connectivity index (χ2n) is 32.1. The maximum Gasteiger partial charge on any atom is 0.407 e. The van der Waals surface area contributed by atoms with Crippen LogP contribution in [0, 0.1) is 65.3 Å². The number of carbonyl (C=O) groups is 2. The van der Waals surface area contributed by atoms with Gasteiger partial charge in [0.25, 0.3) is 0 Å². The van der Waals surface area contributed by atoms with Crippen LogP contribution in [-0.4, -0.2) is 171 Å². The number of alkyl carbamates (subject to hydrolysis) is 2. The van der Waals surface area contributed by atoms with Crippen LogP contribution in [0.3, 0.4) is 0 Å². The fraction of sp³-hybridized carbons (Fsp3) is 0.363. The monoisotopic (exact) mass is 2220 g/mol. The van der Waals surface area contributed by atoms with Crippen molar-refractivity contribution >= 4 is 143 Å². The minimum Gasteiger partial charge on any atom is -0.488 e. The average Bonchev–Trinajstić information content (AvgIpc) is 1.63. The van der Waals surface area contributed by atoms with E-state index in [2.05, 4.69) is 101 Å². The van der Waals surface area contributed by atoms with Gasteiger partial charge in [-0.15, -0.1) is 24.4 Å².